The van der Waals surface area contributed by atoms with Crippen LogP contribution in [0.3, 0.4) is 0 Å². The Morgan fingerprint density at radius 3 is 2.88 bits per heavy atom. The van der Waals surface area contributed by atoms with Crippen LogP contribution in [-0.2, 0) is 0 Å². The van der Waals surface area contributed by atoms with Crippen LogP contribution in [-0.4, -0.2) is 9.91 Å². The van der Waals surface area contributed by atoms with Crippen LogP contribution in [0.25, 0.3) is 21.3 Å². The number of hydrogen-bond acceptors (Lipinski definition) is 4. The van der Waals surface area contributed by atoms with E-state index in [4.69, 9.17) is 5.53 Å². The van der Waals surface area contributed by atoms with Crippen molar-refractivity contribution in [2.75, 3.05) is 0 Å². The molecule has 0 bridgehead atoms. The van der Waals surface area contributed by atoms with E-state index in [2.05, 4.69) is 15.0 Å². The van der Waals surface area contributed by atoms with Crippen molar-refractivity contribution in [1.82, 2.24) is 4.98 Å². The summed E-state index contributed by atoms with van der Waals surface area (Å²) in [7, 11) is 0. The summed E-state index contributed by atoms with van der Waals surface area (Å²) < 4.78 is 0. The Morgan fingerprint density at radius 2 is 2.24 bits per heavy atom. The zero-order valence-corrected chi connectivity index (χ0v) is 8.86. The third kappa shape index (κ3) is 1.99. The van der Waals surface area contributed by atoms with Gasteiger partial charge in [-0.25, -0.2) is 0 Å². The molecule has 0 aliphatic heterocycles. The molecule has 0 radical (unpaired) electrons. The van der Waals surface area contributed by atoms with Gasteiger partial charge in [0.1, 0.15) is 0 Å². The summed E-state index contributed by atoms with van der Waals surface area (Å²) in [6.45, 7) is 1.76. The van der Waals surface area contributed by atoms with Crippen molar-refractivity contribution in [1.29, 1.82) is 0 Å². The monoisotopic (exact) mass is 229 g/mol. The first-order chi connectivity index (χ1) is 8.11. The van der Waals surface area contributed by atoms with Crippen molar-refractivity contribution in [3.8, 4) is 0 Å². The lowest BCUT2D eigenvalue weighted by Crippen LogP contribution is -1.89. The molecule has 2 rings (SSSR count). The molecule has 0 fully saturated rings. The molecule has 1 aromatic carbocycles. The molecule has 2 aromatic rings. The molecule has 7 nitrogen and oxygen atoms in total. The van der Waals surface area contributed by atoms with Gasteiger partial charge in [0.25, 0.3) is 5.69 Å². The number of nitro groups is 1. The predicted octanol–water partition coefficient (Wildman–Crippen LogP) is 3.39. The Morgan fingerprint density at radius 1 is 1.47 bits per heavy atom. The van der Waals surface area contributed by atoms with Crippen molar-refractivity contribution < 1.29 is 4.92 Å². The standard InChI is InChI=1S/C10H7N5O2/c1-6-4-10(13-14-11)8-5-7(15(16)17)2-3-9(8)12-6/h2-5H,1H3. The fourth-order valence-corrected chi connectivity index (χ4v) is 1.57. The van der Waals surface area contributed by atoms with E-state index in [-0.39, 0.29) is 5.69 Å². The highest BCUT2D eigenvalue weighted by atomic mass is 16.6. The van der Waals surface area contributed by atoms with Crippen LogP contribution in [0.15, 0.2) is 29.4 Å². The molecular weight excluding hydrogens is 222 g/mol. The molecule has 0 N–H and O–H groups in total. The van der Waals surface area contributed by atoms with E-state index in [1.165, 1.54) is 18.2 Å². The second-order valence-electron chi connectivity index (χ2n) is 3.43. The predicted molar refractivity (Wildman–Crippen MR) is 61.9 cm³/mol. The van der Waals surface area contributed by atoms with Gasteiger partial charge in [0.15, 0.2) is 0 Å². The molecule has 0 atom stereocenters. The van der Waals surface area contributed by atoms with Gasteiger partial charge in [-0.15, -0.1) is 0 Å². The van der Waals surface area contributed by atoms with Crippen molar-refractivity contribution in [3.63, 3.8) is 0 Å². The maximum atomic E-state index is 10.7. The second kappa shape index (κ2) is 4.07. The number of hydrogen-bond donors (Lipinski definition) is 0. The number of rotatable bonds is 2. The quantitative estimate of drug-likeness (QED) is 0.259. The first kappa shape index (κ1) is 10.8. The maximum Gasteiger partial charge on any atom is 0.270 e. The van der Waals surface area contributed by atoms with Crippen LogP contribution in [0, 0.1) is 17.0 Å². The molecule has 0 amide bonds. The van der Waals surface area contributed by atoms with Gasteiger partial charge in [0.2, 0.25) is 0 Å². The topological polar surface area (TPSA) is 105 Å². The second-order valence-corrected chi connectivity index (χ2v) is 3.43. The van der Waals surface area contributed by atoms with E-state index in [1.807, 2.05) is 0 Å². The SMILES string of the molecule is Cc1cc(N=[N+]=[N-])c2cc([N+](=O)[O-])ccc2n1. The summed E-state index contributed by atoms with van der Waals surface area (Å²) in [5.41, 5.74) is 10.00. The number of pyridine rings is 1. The molecule has 7 heteroatoms. The maximum absolute atomic E-state index is 10.7. The number of benzene rings is 1. The average molecular weight is 229 g/mol. The number of fused-ring (bicyclic) bond motifs is 1. The summed E-state index contributed by atoms with van der Waals surface area (Å²) in [5, 5.41) is 14.7. The van der Waals surface area contributed by atoms with E-state index < -0.39 is 4.92 Å². The van der Waals surface area contributed by atoms with E-state index in [0.29, 0.717) is 22.3 Å². The fourth-order valence-electron chi connectivity index (χ4n) is 1.57. The number of azide groups is 1. The Kier molecular flexibility index (Phi) is 2.60. The lowest BCUT2D eigenvalue weighted by atomic mass is 10.1. The number of aryl methyl sites for hydroxylation is 1. The Hall–Kier alpha value is -2.66. The van der Waals surface area contributed by atoms with Gasteiger partial charge < -0.3 is 0 Å². The molecule has 1 heterocycles. The average Bonchev–Trinajstić information content (AvgIpc) is 2.28. The van der Waals surface area contributed by atoms with Gasteiger partial charge in [0, 0.05) is 33.8 Å². The molecule has 84 valence electrons. The third-order valence-electron chi connectivity index (χ3n) is 2.26. The highest BCUT2D eigenvalue weighted by Gasteiger charge is 2.09. The van der Waals surface area contributed by atoms with Gasteiger partial charge >= 0.3 is 0 Å². The van der Waals surface area contributed by atoms with E-state index >= 15 is 0 Å². The molecule has 1 aromatic heterocycles. The highest BCUT2D eigenvalue weighted by Crippen LogP contribution is 2.29. The van der Waals surface area contributed by atoms with Crippen LogP contribution in [0.4, 0.5) is 11.4 Å². The summed E-state index contributed by atoms with van der Waals surface area (Å²) in [4.78, 5) is 17.1. The van der Waals surface area contributed by atoms with Crippen molar-refractivity contribution in [2.24, 2.45) is 5.11 Å². The van der Waals surface area contributed by atoms with E-state index in [9.17, 15) is 10.1 Å². The zero-order chi connectivity index (χ0) is 12.4. The minimum atomic E-state index is -0.501. The molecule has 0 aliphatic rings. The molecule has 0 unspecified atom stereocenters. The van der Waals surface area contributed by atoms with Crippen molar-refractivity contribution in [3.05, 3.63) is 50.5 Å². The summed E-state index contributed by atoms with van der Waals surface area (Å²) in [6.07, 6.45) is 0. The Balaban J connectivity index is 2.82. The molecule has 0 aliphatic carbocycles. The Bertz CT molecular complexity index is 661. The van der Waals surface area contributed by atoms with E-state index in [1.54, 1.807) is 13.0 Å². The molecular formula is C10H7N5O2. The van der Waals surface area contributed by atoms with Gasteiger partial charge in [0.05, 0.1) is 10.4 Å². The first-order valence-electron chi connectivity index (χ1n) is 4.72. The number of non-ortho nitro benzene ring substituents is 1. The van der Waals surface area contributed by atoms with Gasteiger partial charge in [-0.3, -0.25) is 15.1 Å². The summed E-state index contributed by atoms with van der Waals surface area (Å²) in [6, 6.07) is 5.85. The zero-order valence-electron chi connectivity index (χ0n) is 8.86. The minimum absolute atomic E-state index is 0.0578. The molecule has 17 heavy (non-hydrogen) atoms. The highest BCUT2D eigenvalue weighted by molar-refractivity contribution is 5.91. The summed E-state index contributed by atoms with van der Waals surface area (Å²) in [5.74, 6) is 0. The number of aromatic nitrogens is 1. The first-order valence-corrected chi connectivity index (χ1v) is 4.72. The number of nitro benzene ring substituents is 1. The minimum Gasteiger partial charge on any atom is -0.258 e. The largest absolute Gasteiger partial charge is 0.270 e. The molecule has 0 spiro atoms. The number of nitrogens with zero attached hydrogens (tertiary/aromatic N) is 5. The Labute approximate surface area is 95.5 Å². The van der Waals surface area contributed by atoms with Gasteiger partial charge in [-0.2, -0.15) is 0 Å². The normalized spacial score (nSPS) is 9.94. The van der Waals surface area contributed by atoms with Crippen molar-refractivity contribution in [2.45, 2.75) is 6.92 Å². The van der Waals surface area contributed by atoms with Crippen LogP contribution >= 0.6 is 0 Å². The molecule has 0 saturated heterocycles. The lowest BCUT2D eigenvalue weighted by Gasteiger charge is -2.02. The van der Waals surface area contributed by atoms with Crippen LogP contribution < -0.4 is 0 Å². The van der Waals surface area contributed by atoms with Gasteiger partial charge in [-0.1, -0.05) is 5.11 Å². The van der Waals surface area contributed by atoms with E-state index in [0.717, 1.165) is 0 Å². The summed E-state index contributed by atoms with van der Waals surface area (Å²) >= 11 is 0. The van der Waals surface area contributed by atoms with Crippen LogP contribution in [0.1, 0.15) is 5.69 Å². The van der Waals surface area contributed by atoms with Gasteiger partial charge in [-0.05, 0) is 24.6 Å². The third-order valence-corrected chi connectivity index (χ3v) is 2.26. The fraction of sp³-hybridized carbons (Fsp3) is 0.100. The lowest BCUT2D eigenvalue weighted by molar-refractivity contribution is -0.384. The molecule has 0 saturated carbocycles. The van der Waals surface area contributed by atoms with Crippen molar-refractivity contribution >= 4 is 22.3 Å². The smallest absolute Gasteiger partial charge is 0.258 e. The van der Waals surface area contributed by atoms with Crippen LogP contribution in [0.5, 0.6) is 0 Å². The van der Waals surface area contributed by atoms with Crippen LogP contribution in [0.2, 0.25) is 0 Å².